The predicted molar refractivity (Wildman–Crippen MR) is 107 cm³/mol. The van der Waals surface area contributed by atoms with Gasteiger partial charge in [-0.15, -0.1) is 0 Å². The van der Waals surface area contributed by atoms with Crippen molar-refractivity contribution in [3.8, 4) is 11.4 Å². The minimum Gasteiger partial charge on any atom is -0.506 e. The van der Waals surface area contributed by atoms with Crippen LogP contribution in [-0.2, 0) is 0 Å². The number of benzene rings is 2. The number of pyridine rings is 1. The number of carbonyl (C=O) groups excluding carboxylic acids is 1. The number of aryl methyl sites for hydroxylation is 2. The molecule has 0 radical (unpaired) electrons. The van der Waals surface area contributed by atoms with E-state index in [1.165, 1.54) is 29.1 Å². The van der Waals surface area contributed by atoms with Crippen LogP contribution >= 0.6 is 0 Å². The zero-order chi connectivity index (χ0) is 20.7. The normalized spacial score (nSPS) is 11.0. The highest BCUT2D eigenvalue weighted by Crippen LogP contribution is 2.27. The number of nitrogens with one attached hydrogen (secondary N) is 2. The van der Waals surface area contributed by atoms with Gasteiger partial charge in [0.05, 0.1) is 17.3 Å². The fourth-order valence-electron chi connectivity index (χ4n) is 3.10. The molecule has 0 aliphatic carbocycles. The topological polar surface area (TPSA) is 100 Å². The Morgan fingerprint density at radius 2 is 1.90 bits per heavy atom. The van der Waals surface area contributed by atoms with Crippen LogP contribution in [0, 0.1) is 19.7 Å². The summed E-state index contributed by atoms with van der Waals surface area (Å²) in [7, 11) is 0. The first-order valence-electron chi connectivity index (χ1n) is 8.82. The molecule has 29 heavy (non-hydrogen) atoms. The third-order valence-electron chi connectivity index (χ3n) is 4.66. The molecular formula is C21H17FN4O3. The summed E-state index contributed by atoms with van der Waals surface area (Å²) < 4.78 is 14.7. The maximum Gasteiger partial charge on any atom is 0.266 e. The molecular weight excluding hydrogens is 375 g/mol. The molecule has 0 atom stereocenters. The molecule has 0 aliphatic rings. The molecule has 7 nitrogen and oxygen atoms in total. The summed E-state index contributed by atoms with van der Waals surface area (Å²) >= 11 is 0. The number of halogens is 1. The average Bonchev–Trinajstić information content (AvgIpc) is 3.08. The fraction of sp³-hybridized carbons (Fsp3) is 0.0952. The Balaban J connectivity index is 1.77. The van der Waals surface area contributed by atoms with E-state index < -0.39 is 28.6 Å². The Morgan fingerprint density at radius 1 is 1.17 bits per heavy atom. The highest BCUT2D eigenvalue weighted by Gasteiger charge is 2.22. The summed E-state index contributed by atoms with van der Waals surface area (Å²) in [4.78, 5) is 27.8. The van der Waals surface area contributed by atoms with Crippen molar-refractivity contribution < 1.29 is 14.3 Å². The van der Waals surface area contributed by atoms with Crippen molar-refractivity contribution in [2.24, 2.45) is 0 Å². The molecule has 4 rings (SSSR count). The number of aromatic hydroxyl groups is 1. The summed E-state index contributed by atoms with van der Waals surface area (Å²) in [6, 6.07) is 11.3. The van der Waals surface area contributed by atoms with Crippen molar-refractivity contribution in [3.05, 3.63) is 81.5 Å². The summed E-state index contributed by atoms with van der Waals surface area (Å²) in [6.07, 6.45) is 1.38. The van der Waals surface area contributed by atoms with E-state index in [4.69, 9.17) is 0 Å². The molecule has 2 heterocycles. The number of carbonyl (C=O) groups is 1. The van der Waals surface area contributed by atoms with Gasteiger partial charge in [0.15, 0.2) is 0 Å². The van der Waals surface area contributed by atoms with Gasteiger partial charge in [0, 0.05) is 5.69 Å². The molecule has 0 fully saturated rings. The van der Waals surface area contributed by atoms with Gasteiger partial charge in [-0.2, -0.15) is 5.10 Å². The molecule has 3 N–H and O–H groups in total. The third-order valence-corrected chi connectivity index (χ3v) is 4.66. The van der Waals surface area contributed by atoms with Crippen molar-refractivity contribution in [3.63, 3.8) is 0 Å². The minimum atomic E-state index is -0.802. The van der Waals surface area contributed by atoms with Crippen LogP contribution in [0.5, 0.6) is 5.75 Å². The molecule has 146 valence electrons. The lowest BCUT2D eigenvalue weighted by molar-refractivity contribution is 0.102. The number of rotatable bonds is 3. The van der Waals surface area contributed by atoms with E-state index >= 15 is 0 Å². The fourth-order valence-corrected chi connectivity index (χ4v) is 3.10. The zero-order valence-electron chi connectivity index (χ0n) is 15.7. The number of anilines is 1. The van der Waals surface area contributed by atoms with Gasteiger partial charge in [0.2, 0.25) is 0 Å². The second-order valence-corrected chi connectivity index (χ2v) is 6.75. The summed E-state index contributed by atoms with van der Waals surface area (Å²) in [6.45, 7) is 3.57. The molecule has 0 aliphatic heterocycles. The number of H-pyrrole nitrogens is 1. The lowest BCUT2D eigenvalue weighted by Crippen LogP contribution is -2.24. The Morgan fingerprint density at radius 3 is 2.59 bits per heavy atom. The zero-order valence-corrected chi connectivity index (χ0v) is 15.7. The quantitative estimate of drug-likeness (QED) is 0.497. The highest BCUT2D eigenvalue weighted by atomic mass is 19.1. The Labute approximate surface area is 164 Å². The first-order valence-corrected chi connectivity index (χ1v) is 8.82. The van der Waals surface area contributed by atoms with Crippen molar-refractivity contribution in [1.82, 2.24) is 14.8 Å². The Kier molecular flexibility index (Phi) is 4.38. The summed E-state index contributed by atoms with van der Waals surface area (Å²) in [5.41, 5.74) is 1.65. The Bertz CT molecular complexity index is 1310. The molecule has 0 spiro atoms. The van der Waals surface area contributed by atoms with Gasteiger partial charge < -0.3 is 15.4 Å². The van der Waals surface area contributed by atoms with Crippen LogP contribution in [0.3, 0.4) is 0 Å². The first kappa shape index (κ1) is 18.4. The standard InChI is InChI=1S/C21H17FN4O3/c1-11-3-6-14(7-4-11)26-19-15(10-23-26)18(27)17(21(29)25-19)20(28)24-16-8-5-13(22)9-12(16)2/h3-10H,1-2H3,(H,24,28)(H2,25,27,29). The monoisotopic (exact) mass is 392 g/mol. The van der Waals surface area contributed by atoms with Gasteiger partial charge in [-0.25, -0.2) is 9.07 Å². The molecule has 0 bridgehead atoms. The van der Waals surface area contributed by atoms with Crippen molar-refractivity contribution in [2.45, 2.75) is 13.8 Å². The van der Waals surface area contributed by atoms with Crippen LogP contribution in [0.2, 0.25) is 0 Å². The Hall–Kier alpha value is -3.94. The van der Waals surface area contributed by atoms with E-state index in [-0.39, 0.29) is 11.0 Å². The van der Waals surface area contributed by atoms with Crippen molar-refractivity contribution in [2.75, 3.05) is 5.32 Å². The van der Waals surface area contributed by atoms with Gasteiger partial charge in [0.1, 0.15) is 22.8 Å². The van der Waals surface area contributed by atoms with Crippen LogP contribution in [0.4, 0.5) is 10.1 Å². The van der Waals surface area contributed by atoms with Crippen LogP contribution in [-0.4, -0.2) is 25.8 Å². The smallest absolute Gasteiger partial charge is 0.266 e. The van der Waals surface area contributed by atoms with E-state index in [0.29, 0.717) is 16.9 Å². The number of fused-ring (bicyclic) bond motifs is 1. The van der Waals surface area contributed by atoms with Gasteiger partial charge >= 0.3 is 0 Å². The van der Waals surface area contributed by atoms with E-state index in [9.17, 15) is 19.1 Å². The van der Waals surface area contributed by atoms with Crippen LogP contribution < -0.4 is 10.9 Å². The number of aromatic amines is 1. The van der Waals surface area contributed by atoms with Gasteiger partial charge in [-0.1, -0.05) is 17.7 Å². The molecule has 2 aromatic carbocycles. The van der Waals surface area contributed by atoms with Crippen LogP contribution in [0.25, 0.3) is 16.7 Å². The number of nitrogens with zero attached hydrogens (tertiary/aromatic N) is 2. The molecule has 0 saturated carbocycles. The molecule has 2 aromatic heterocycles. The molecule has 4 aromatic rings. The van der Waals surface area contributed by atoms with E-state index in [1.54, 1.807) is 6.92 Å². The maximum atomic E-state index is 13.3. The highest BCUT2D eigenvalue weighted by molar-refractivity contribution is 6.09. The molecule has 8 heteroatoms. The van der Waals surface area contributed by atoms with Gasteiger partial charge in [0.25, 0.3) is 11.5 Å². The number of amides is 1. The lowest BCUT2D eigenvalue weighted by atomic mass is 10.1. The number of hydrogen-bond acceptors (Lipinski definition) is 4. The predicted octanol–water partition coefficient (Wildman–Crippen LogP) is 3.43. The largest absolute Gasteiger partial charge is 0.506 e. The van der Waals surface area contributed by atoms with E-state index in [0.717, 1.165) is 5.56 Å². The van der Waals surface area contributed by atoms with Crippen molar-refractivity contribution in [1.29, 1.82) is 0 Å². The second-order valence-electron chi connectivity index (χ2n) is 6.75. The lowest BCUT2D eigenvalue weighted by Gasteiger charge is -2.10. The number of aromatic nitrogens is 3. The van der Waals surface area contributed by atoms with Crippen molar-refractivity contribution >= 4 is 22.6 Å². The van der Waals surface area contributed by atoms with Crippen LogP contribution in [0.1, 0.15) is 21.5 Å². The van der Waals surface area contributed by atoms with E-state index in [2.05, 4.69) is 15.4 Å². The van der Waals surface area contributed by atoms with E-state index in [1.807, 2.05) is 31.2 Å². The molecule has 1 amide bonds. The summed E-state index contributed by atoms with van der Waals surface area (Å²) in [5, 5.41) is 17.6. The van der Waals surface area contributed by atoms with Crippen LogP contribution in [0.15, 0.2) is 53.5 Å². The maximum absolute atomic E-state index is 13.3. The van der Waals surface area contributed by atoms with Gasteiger partial charge in [-0.05, 0) is 49.7 Å². The molecule has 0 saturated heterocycles. The second kappa shape index (κ2) is 6.90. The summed E-state index contributed by atoms with van der Waals surface area (Å²) in [5.74, 6) is -1.71. The number of hydrogen-bond donors (Lipinski definition) is 3. The minimum absolute atomic E-state index is 0.228. The first-order chi connectivity index (χ1) is 13.8. The molecule has 0 unspecified atom stereocenters. The SMILES string of the molecule is Cc1ccc(-n2ncc3c(O)c(C(=O)Nc4ccc(F)cc4C)c(=O)[nH]c32)cc1. The third kappa shape index (κ3) is 3.25. The average molecular weight is 392 g/mol. The van der Waals surface area contributed by atoms with Gasteiger partial charge in [-0.3, -0.25) is 9.59 Å².